The maximum absolute atomic E-state index is 10.1. The lowest BCUT2D eigenvalue weighted by Crippen LogP contribution is -2.26. The van der Waals surface area contributed by atoms with E-state index >= 15 is 0 Å². The number of fused-ring (bicyclic) bond motifs is 2. The van der Waals surface area contributed by atoms with Gasteiger partial charge < -0.3 is 15.2 Å². The molecule has 5 rings (SSSR count). The van der Waals surface area contributed by atoms with Gasteiger partial charge in [0.1, 0.15) is 11.5 Å². The molecule has 0 fully saturated rings. The number of benzene rings is 3. The van der Waals surface area contributed by atoms with Gasteiger partial charge in [-0.1, -0.05) is 38.5 Å². The first-order valence-corrected chi connectivity index (χ1v) is 13.7. The van der Waals surface area contributed by atoms with E-state index in [-0.39, 0.29) is 11.6 Å². The third-order valence-electron chi connectivity index (χ3n) is 6.98. The minimum absolute atomic E-state index is 0.0908. The molecule has 1 atom stereocenters. The molecule has 0 saturated heterocycles. The first kappa shape index (κ1) is 23.9. The summed E-state index contributed by atoms with van der Waals surface area (Å²) in [5, 5.41) is 13.8. The van der Waals surface area contributed by atoms with Gasteiger partial charge in [0.05, 0.1) is 6.10 Å². The standard InChI is InChI=1S/C31H35NO2S/c1-5-7-24(6-2)34-25-12-8-20(9-13-25)30-26-14-11-23(33)17-29(26)35-19-27(30)21-10-15-28-22(16-21)18-31(3,4)32-28/h8-17,24,32-33H,5-7,18-19H2,1-4H3. The smallest absolute Gasteiger partial charge is 0.119 e. The van der Waals surface area contributed by atoms with Gasteiger partial charge in [0.2, 0.25) is 0 Å². The van der Waals surface area contributed by atoms with Crippen molar-refractivity contribution in [3.63, 3.8) is 0 Å². The number of thioether (sulfide) groups is 1. The van der Waals surface area contributed by atoms with Crippen LogP contribution in [-0.4, -0.2) is 22.5 Å². The highest BCUT2D eigenvalue weighted by Gasteiger charge is 2.29. The van der Waals surface area contributed by atoms with Crippen LogP contribution in [0.5, 0.6) is 11.5 Å². The molecule has 0 spiro atoms. The van der Waals surface area contributed by atoms with Crippen LogP contribution in [0.2, 0.25) is 0 Å². The van der Waals surface area contributed by atoms with Gasteiger partial charge in [0, 0.05) is 21.9 Å². The summed E-state index contributed by atoms with van der Waals surface area (Å²) in [4.78, 5) is 1.13. The van der Waals surface area contributed by atoms with E-state index in [1.165, 1.54) is 39.1 Å². The minimum Gasteiger partial charge on any atom is -0.508 e. The Balaban J connectivity index is 1.57. The molecular weight excluding hydrogens is 450 g/mol. The fourth-order valence-electron chi connectivity index (χ4n) is 5.27. The zero-order valence-electron chi connectivity index (χ0n) is 21.2. The van der Waals surface area contributed by atoms with Crippen LogP contribution in [0, 0.1) is 0 Å². The van der Waals surface area contributed by atoms with Crippen LogP contribution < -0.4 is 10.1 Å². The van der Waals surface area contributed by atoms with E-state index in [2.05, 4.69) is 81.5 Å². The largest absolute Gasteiger partial charge is 0.508 e. The Bertz CT molecular complexity index is 1260. The van der Waals surface area contributed by atoms with Gasteiger partial charge >= 0.3 is 0 Å². The molecule has 2 heterocycles. The van der Waals surface area contributed by atoms with E-state index in [1.54, 1.807) is 17.8 Å². The molecule has 0 radical (unpaired) electrons. The number of hydrogen-bond donors (Lipinski definition) is 2. The molecule has 0 saturated carbocycles. The third-order valence-corrected chi connectivity index (χ3v) is 8.06. The van der Waals surface area contributed by atoms with Crippen molar-refractivity contribution in [1.29, 1.82) is 0 Å². The number of nitrogens with one attached hydrogen (secondary N) is 1. The SMILES string of the molecule is CCCC(CC)Oc1ccc(C2=C(c3ccc4c(c3)CC(C)(C)N4)CSc3cc(O)ccc32)cc1. The number of hydrogen-bond acceptors (Lipinski definition) is 4. The molecule has 4 heteroatoms. The highest BCUT2D eigenvalue weighted by atomic mass is 32.2. The summed E-state index contributed by atoms with van der Waals surface area (Å²) < 4.78 is 6.25. The van der Waals surface area contributed by atoms with Gasteiger partial charge in [-0.05, 0) is 109 Å². The Hall–Kier alpha value is -2.85. The number of aromatic hydroxyl groups is 1. The third kappa shape index (κ3) is 4.95. The molecule has 182 valence electrons. The van der Waals surface area contributed by atoms with Crippen LogP contribution >= 0.6 is 11.8 Å². The van der Waals surface area contributed by atoms with Gasteiger partial charge in [-0.25, -0.2) is 0 Å². The van der Waals surface area contributed by atoms with Crippen molar-refractivity contribution in [1.82, 2.24) is 0 Å². The lowest BCUT2D eigenvalue weighted by molar-refractivity contribution is 0.186. The van der Waals surface area contributed by atoms with Gasteiger partial charge in [-0.3, -0.25) is 0 Å². The van der Waals surface area contributed by atoms with Gasteiger partial charge in [-0.15, -0.1) is 11.8 Å². The molecular formula is C31H35NO2S. The topological polar surface area (TPSA) is 41.5 Å². The second-order valence-electron chi connectivity index (χ2n) is 10.3. The maximum Gasteiger partial charge on any atom is 0.119 e. The summed E-state index contributed by atoms with van der Waals surface area (Å²) in [5.74, 6) is 2.11. The van der Waals surface area contributed by atoms with Crippen LogP contribution in [0.4, 0.5) is 5.69 Å². The van der Waals surface area contributed by atoms with Crippen molar-refractivity contribution < 1.29 is 9.84 Å². The number of rotatable bonds is 7. The predicted octanol–water partition coefficient (Wildman–Crippen LogP) is 8.16. The molecule has 0 aliphatic carbocycles. The number of ether oxygens (including phenoxy) is 1. The maximum atomic E-state index is 10.1. The van der Waals surface area contributed by atoms with Crippen LogP contribution in [0.3, 0.4) is 0 Å². The van der Waals surface area contributed by atoms with E-state index < -0.39 is 0 Å². The minimum atomic E-state index is 0.0908. The quantitative estimate of drug-likeness (QED) is 0.354. The molecule has 3 nitrogen and oxygen atoms in total. The average Bonchev–Trinajstić information content (AvgIpc) is 3.16. The molecule has 3 aromatic carbocycles. The van der Waals surface area contributed by atoms with Crippen molar-refractivity contribution in [2.45, 2.75) is 69.9 Å². The van der Waals surface area contributed by atoms with Gasteiger partial charge in [0.15, 0.2) is 0 Å². The van der Waals surface area contributed by atoms with Crippen molar-refractivity contribution in [2.24, 2.45) is 0 Å². The Morgan fingerprint density at radius 2 is 1.77 bits per heavy atom. The normalized spacial score (nSPS) is 16.9. The Morgan fingerprint density at radius 1 is 1.00 bits per heavy atom. The fraction of sp³-hybridized carbons (Fsp3) is 0.355. The second kappa shape index (κ2) is 9.66. The summed E-state index contributed by atoms with van der Waals surface area (Å²) in [7, 11) is 0. The number of phenolic OH excluding ortho intramolecular Hbond substituents is 1. The first-order valence-electron chi connectivity index (χ1n) is 12.7. The molecule has 3 aromatic rings. The van der Waals surface area contributed by atoms with Crippen LogP contribution in [0.1, 0.15) is 69.2 Å². The summed E-state index contributed by atoms with van der Waals surface area (Å²) in [6.07, 6.45) is 4.51. The first-order chi connectivity index (χ1) is 16.9. The Morgan fingerprint density at radius 3 is 2.51 bits per heavy atom. The van der Waals surface area contributed by atoms with Gasteiger partial charge in [0.25, 0.3) is 0 Å². The lowest BCUT2D eigenvalue weighted by Gasteiger charge is -2.25. The van der Waals surface area contributed by atoms with Gasteiger partial charge in [-0.2, -0.15) is 0 Å². The monoisotopic (exact) mass is 485 g/mol. The van der Waals surface area contributed by atoms with E-state index in [4.69, 9.17) is 4.74 Å². The lowest BCUT2D eigenvalue weighted by atomic mass is 9.88. The van der Waals surface area contributed by atoms with Crippen LogP contribution in [0.25, 0.3) is 11.1 Å². The Kier molecular flexibility index (Phi) is 6.59. The van der Waals surface area contributed by atoms with E-state index in [0.717, 1.165) is 42.1 Å². The highest BCUT2D eigenvalue weighted by molar-refractivity contribution is 7.99. The summed E-state index contributed by atoms with van der Waals surface area (Å²) in [6, 6.07) is 21.2. The zero-order chi connectivity index (χ0) is 24.6. The number of anilines is 1. The molecule has 0 aromatic heterocycles. The summed E-state index contributed by atoms with van der Waals surface area (Å²) in [5.41, 5.74) is 8.94. The molecule has 1 unspecified atom stereocenters. The molecule has 0 bridgehead atoms. The van der Waals surface area contributed by atoms with Crippen molar-refractivity contribution in [3.05, 3.63) is 82.9 Å². The van der Waals surface area contributed by atoms with Crippen molar-refractivity contribution in [3.8, 4) is 11.5 Å². The molecule has 2 aliphatic rings. The van der Waals surface area contributed by atoms with E-state index in [1.807, 2.05) is 6.07 Å². The highest BCUT2D eigenvalue weighted by Crippen LogP contribution is 2.46. The second-order valence-corrected chi connectivity index (χ2v) is 11.4. The molecule has 0 amide bonds. The predicted molar refractivity (Wildman–Crippen MR) is 149 cm³/mol. The zero-order valence-corrected chi connectivity index (χ0v) is 22.0. The van der Waals surface area contributed by atoms with E-state index in [9.17, 15) is 5.11 Å². The fourth-order valence-corrected chi connectivity index (χ4v) is 6.42. The van der Waals surface area contributed by atoms with Crippen molar-refractivity contribution in [2.75, 3.05) is 11.1 Å². The summed E-state index contributed by atoms with van der Waals surface area (Å²) in [6.45, 7) is 8.90. The Labute approximate surface area is 213 Å². The number of phenols is 1. The van der Waals surface area contributed by atoms with E-state index in [0.29, 0.717) is 5.75 Å². The molecule has 35 heavy (non-hydrogen) atoms. The van der Waals surface area contributed by atoms with Crippen molar-refractivity contribution >= 4 is 28.6 Å². The molecule has 2 N–H and O–H groups in total. The van der Waals surface area contributed by atoms with Crippen LogP contribution in [-0.2, 0) is 6.42 Å². The van der Waals surface area contributed by atoms with Crippen LogP contribution in [0.15, 0.2) is 65.6 Å². The molecule has 2 aliphatic heterocycles. The summed E-state index contributed by atoms with van der Waals surface area (Å²) >= 11 is 1.80. The average molecular weight is 486 g/mol.